The Balaban J connectivity index is 1.09. The van der Waals surface area contributed by atoms with Crippen LogP contribution in [0.2, 0.25) is 0 Å². The van der Waals surface area contributed by atoms with Crippen LogP contribution in [0.15, 0.2) is 70.0 Å². The molecule has 0 amide bonds. The molecule has 1 atom stereocenters. The van der Waals surface area contributed by atoms with Gasteiger partial charge < -0.3 is 20.1 Å². The number of fused-ring (bicyclic) bond motifs is 3. The number of aliphatic hydroxyl groups is 1. The van der Waals surface area contributed by atoms with E-state index in [-0.39, 0.29) is 6.61 Å². The summed E-state index contributed by atoms with van der Waals surface area (Å²) in [4.78, 5) is 3.82. The van der Waals surface area contributed by atoms with E-state index in [1.807, 2.05) is 49.4 Å². The average molecular weight is 601 g/mol. The first-order chi connectivity index (χ1) is 18.4. The molecule has 0 spiro atoms. The molecular weight excluding hydrogens is 566 g/mol. The van der Waals surface area contributed by atoms with Crippen molar-refractivity contribution in [1.29, 1.82) is 0 Å². The molecule has 3 aromatic carbocycles. The van der Waals surface area contributed by atoms with Crippen molar-refractivity contribution in [3.63, 3.8) is 0 Å². The molecule has 38 heavy (non-hydrogen) atoms. The third-order valence-electron chi connectivity index (χ3n) is 7.33. The lowest BCUT2D eigenvalue weighted by atomic mass is 9.98. The van der Waals surface area contributed by atoms with Crippen LogP contribution in [0.3, 0.4) is 0 Å². The molecule has 7 nitrogen and oxygen atoms in total. The number of H-pyrrole nitrogens is 1. The summed E-state index contributed by atoms with van der Waals surface area (Å²) in [6.45, 7) is 4.33. The van der Waals surface area contributed by atoms with Gasteiger partial charge >= 0.3 is 0 Å². The van der Waals surface area contributed by atoms with Gasteiger partial charge in [-0.15, -0.1) is 0 Å². The van der Waals surface area contributed by atoms with E-state index in [0.29, 0.717) is 36.9 Å². The zero-order valence-electron chi connectivity index (χ0n) is 21.5. The van der Waals surface area contributed by atoms with Crippen molar-refractivity contribution in [1.82, 2.24) is 14.6 Å². The first-order valence-electron chi connectivity index (χ1n) is 13.2. The molecule has 202 valence electrons. The monoisotopic (exact) mass is 599 g/mol. The fourth-order valence-corrected chi connectivity index (χ4v) is 7.41. The lowest BCUT2D eigenvalue weighted by Crippen LogP contribution is -2.42. The summed E-state index contributed by atoms with van der Waals surface area (Å²) in [5.41, 5.74) is 2.90. The predicted molar refractivity (Wildman–Crippen MR) is 155 cm³/mol. The SMILES string of the molecule is CCc1cc(Br)ccc1S(=O)(=O)N1CCC(CNC[C@H](O)COc2cccc3[nH]c4ccccc4c23)CC1. The Bertz CT molecular complexity index is 1510. The Morgan fingerprint density at radius 2 is 1.87 bits per heavy atom. The maximum atomic E-state index is 13.3. The molecule has 1 saturated heterocycles. The number of sulfonamides is 1. The fraction of sp³-hybridized carbons (Fsp3) is 0.379. The molecule has 1 aliphatic rings. The third-order valence-corrected chi connectivity index (χ3v) is 9.82. The normalized spacial score (nSPS) is 16.3. The number of aliphatic hydroxyl groups excluding tert-OH is 1. The molecule has 9 heteroatoms. The molecule has 0 radical (unpaired) electrons. The second kappa shape index (κ2) is 11.8. The predicted octanol–water partition coefficient (Wildman–Crippen LogP) is 5.08. The zero-order chi connectivity index (χ0) is 26.7. The quantitative estimate of drug-likeness (QED) is 0.236. The molecule has 1 aliphatic heterocycles. The number of aryl methyl sites for hydroxylation is 1. The zero-order valence-corrected chi connectivity index (χ0v) is 23.9. The topological polar surface area (TPSA) is 94.7 Å². The van der Waals surface area contributed by atoms with Gasteiger partial charge in [-0.05, 0) is 73.7 Å². The molecule has 0 saturated carbocycles. The van der Waals surface area contributed by atoms with Gasteiger partial charge in [0.2, 0.25) is 10.0 Å². The van der Waals surface area contributed by atoms with E-state index in [1.165, 1.54) is 0 Å². The number of nitrogens with one attached hydrogen (secondary N) is 2. The lowest BCUT2D eigenvalue weighted by Gasteiger charge is -2.32. The smallest absolute Gasteiger partial charge is 0.243 e. The molecule has 0 unspecified atom stereocenters. The third kappa shape index (κ3) is 5.77. The Labute approximate surface area is 232 Å². The van der Waals surface area contributed by atoms with Gasteiger partial charge in [-0.1, -0.05) is 47.1 Å². The Hall–Kier alpha value is -2.43. The number of hydrogen-bond acceptors (Lipinski definition) is 5. The van der Waals surface area contributed by atoms with Crippen molar-refractivity contribution < 1.29 is 18.3 Å². The van der Waals surface area contributed by atoms with Gasteiger partial charge in [0.15, 0.2) is 0 Å². The minimum Gasteiger partial charge on any atom is -0.490 e. The van der Waals surface area contributed by atoms with Crippen molar-refractivity contribution in [3.05, 3.63) is 70.7 Å². The van der Waals surface area contributed by atoms with E-state index in [0.717, 1.165) is 57.0 Å². The number of para-hydroxylation sites is 1. The van der Waals surface area contributed by atoms with Gasteiger partial charge in [0.05, 0.1) is 10.4 Å². The number of halogens is 1. The van der Waals surface area contributed by atoms with E-state index >= 15 is 0 Å². The minimum absolute atomic E-state index is 0.190. The van der Waals surface area contributed by atoms with Gasteiger partial charge in [0.25, 0.3) is 0 Å². The highest BCUT2D eigenvalue weighted by Gasteiger charge is 2.30. The number of hydrogen-bond donors (Lipinski definition) is 3. The summed E-state index contributed by atoms with van der Waals surface area (Å²) in [6, 6.07) is 19.4. The number of aromatic amines is 1. The highest BCUT2D eigenvalue weighted by molar-refractivity contribution is 9.10. The second-order valence-corrected chi connectivity index (χ2v) is 12.7. The van der Waals surface area contributed by atoms with E-state index in [1.54, 1.807) is 16.4 Å². The van der Waals surface area contributed by atoms with Crippen molar-refractivity contribution in [3.8, 4) is 5.75 Å². The van der Waals surface area contributed by atoms with Crippen LogP contribution in [-0.4, -0.2) is 61.7 Å². The lowest BCUT2D eigenvalue weighted by molar-refractivity contribution is 0.105. The van der Waals surface area contributed by atoms with Gasteiger partial charge in [0, 0.05) is 40.4 Å². The number of rotatable bonds is 10. The maximum absolute atomic E-state index is 13.3. The van der Waals surface area contributed by atoms with Crippen LogP contribution in [0.5, 0.6) is 5.75 Å². The van der Waals surface area contributed by atoms with Crippen molar-refractivity contribution in [2.45, 2.75) is 37.2 Å². The molecule has 3 N–H and O–H groups in total. The van der Waals surface area contributed by atoms with Gasteiger partial charge in [0.1, 0.15) is 18.5 Å². The van der Waals surface area contributed by atoms with Crippen LogP contribution >= 0.6 is 15.9 Å². The molecule has 5 rings (SSSR count). The van der Waals surface area contributed by atoms with Gasteiger partial charge in [-0.25, -0.2) is 8.42 Å². The standard InChI is InChI=1S/C29H34BrN3O4S/c1-2-21-16-22(30)10-11-28(21)38(35,36)33-14-12-20(13-15-33)17-31-18-23(34)19-37-27-9-5-8-26-29(27)24-6-3-4-7-25(24)32-26/h3-11,16,20,23,31-32,34H,2,12-15,17-19H2,1H3/t23-/m0/s1. The number of ether oxygens (including phenoxy) is 1. The number of aromatic nitrogens is 1. The summed E-state index contributed by atoms with van der Waals surface area (Å²) in [5.74, 6) is 1.12. The second-order valence-electron chi connectivity index (χ2n) is 9.93. The van der Waals surface area contributed by atoms with Crippen LogP contribution in [-0.2, 0) is 16.4 Å². The molecular formula is C29H34BrN3O4S. The highest BCUT2D eigenvalue weighted by atomic mass is 79.9. The molecule has 1 fully saturated rings. The Kier molecular flexibility index (Phi) is 8.40. The van der Waals surface area contributed by atoms with Crippen molar-refractivity contribution in [2.24, 2.45) is 5.92 Å². The molecule has 4 aromatic rings. The first-order valence-corrected chi connectivity index (χ1v) is 15.4. The van der Waals surface area contributed by atoms with E-state index in [9.17, 15) is 13.5 Å². The summed E-state index contributed by atoms with van der Waals surface area (Å²) in [6.07, 6.45) is 1.59. The largest absolute Gasteiger partial charge is 0.490 e. The van der Waals surface area contributed by atoms with Crippen LogP contribution in [0.1, 0.15) is 25.3 Å². The minimum atomic E-state index is -3.50. The Morgan fingerprint density at radius 1 is 1.11 bits per heavy atom. The Morgan fingerprint density at radius 3 is 2.66 bits per heavy atom. The molecule has 0 bridgehead atoms. The van der Waals surface area contributed by atoms with Gasteiger partial charge in [-0.3, -0.25) is 0 Å². The summed E-state index contributed by atoms with van der Waals surface area (Å²) < 4.78 is 35.0. The van der Waals surface area contributed by atoms with Crippen LogP contribution in [0.4, 0.5) is 0 Å². The summed E-state index contributed by atoms with van der Waals surface area (Å²) in [7, 11) is -3.50. The molecule has 1 aromatic heterocycles. The average Bonchev–Trinajstić information content (AvgIpc) is 3.31. The highest BCUT2D eigenvalue weighted by Crippen LogP contribution is 2.33. The first kappa shape index (κ1) is 27.1. The maximum Gasteiger partial charge on any atom is 0.243 e. The molecule has 2 heterocycles. The fourth-order valence-electron chi connectivity index (χ4n) is 5.26. The summed E-state index contributed by atoms with van der Waals surface area (Å²) in [5, 5.41) is 16.0. The molecule has 0 aliphatic carbocycles. The van der Waals surface area contributed by atoms with Crippen molar-refractivity contribution >= 4 is 47.8 Å². The number of nitrogens with zero attached hydrogens (tertiary/aromatic N) is 1. The number of benzene rings is 3. The van der Waals surface area contributed by atoms with Gasteiger partial charge in [-0.2, -0.15) is 4.31 Å². The summed E-state index contributed by atoms with van der Waals surface area (Å²) >= 11 is 3.44. The van der Waals surface area contributed by atoms with Crippen LogP contribution in [0, 0.1) is 5.92 Å². The van der Waals surface area contributed by atoms with E-state index in [2.05, 4.69) is 32.3 Å². The van der Waals surface area contributed by atoms with Crippen LogP contribution < -0.4 is 10.1 Å². The van der Waals surface area contributed by atoms with Crippen molar-refractivity contribution in [2.75, 3.05) is 32.8 Å². The van der Waals surface area contributed by atoms with E-state index < -0.39 is 16.1 Å². The number of piperidine rings is 1. The van der Waals surface area contributed by atoms with E-state index in [4.69, 9.17) is 4.74 Å². The van der Waals surface area contributed by atoms with Crippen LogP contribution in [0.25, 0.3) is 21.8 Å².